The lowest BCUT2D eigenvalue weighted by atomic mass is 9.75. The predicted octanol–water partition coefficient (Wildman–Crippen LogP) is 0.651. The molecule has 6 heteroatoms. The summed E-state index contributed by atoms with van der Waals surface area (Å²) in [6.07, 6.45) is 2.12. The summed E-state index contributed by atoms with van der Waals surface area (Å²) in [6.45, 7) is 5.14. The van der Waals surface area contributed by atoms with E-state index in [9.17, 15) is 14.7 Å². The van der Waals surface area contributed by atoms with Gasteiger partial charge in [-0.2, -0.15) is 0 Å². The number of carbonyl (C=O) groups excluding carboxylic acids is 2. The summed E-state index contributed by atoms with van der Waals surface area (Å²) >= 11 is 0. The maximum absolute atomic E-state index is 12.2. The molecule has 0 saturated carbocycles. The summed E-state index contributed by atoms with van der Waals surface area (Å²) in [7, 11) is 0. The average molecular weight is 359 g/mol. The van der Waals surface area contributed by atoms with Crippen molar-refractivity contribution in [2.45, 2.75) is 31.8 Å². The maximum atomic E-state index is 12.2. The van der Waals surface area contributed by atoms with Crippen molar-refractivity contribution >= 4 is 11.8 Å². The third kappa shape index (κ3) is 4.62. The normalized spacial score (nSPS) is 26.2. The highest BCUT2D eigenvalue weighted by molar-refractivity contribution is 5.78. The van der Waals surface area contributed by atoms with Gasteiger partial charge in [0, 0.05) is 45.6 Å². The lowest BCUT2D eigenvalue weighted by molar-refractivity contribution is -0.146. The second-order valence-electron chi connectivity index (χ2n) is 7.59. The molecular weight excluding hydrogens is 330 g/mol. The summed E-state index contributed by atoms with van der Waals surface area (Å²) < 4.78 is 0. The molecule has 2 heterocycles. The van der Waals surface area contributed by atoms with Crippen LogP contribution in [-0.4, -0.2) is 71.6 Å². The van der Waals surface area contributed by atoms with Gasteiger partial charge in [-0.15, -0.1) is 0 Å². The van der Waals surface area contributed by atoms with Crippen molar-refractivity contribution in [3.8, 4) is 0 Å². The number of fused-ring (bicyclic) bond motifs is 1. The molecule has 0 radical (unpaired) electrons. The molecule has 0 spiro atoms. The average Bonchev–Trinajstić information content (AvgIpc) is 2.62. The summed E-state index contributed by atoms with van der Waals surface area (Å²) in [5.41, 5.74) is 0.522. The van der Waals surface area contributed by atoms with E-state index in [2.05, 4.69) is 22.3 Å². The first kappa shape index (κ1) is 18.9. The zero-order valence-electron chi connectivity index (χ0n) is 15.5. The summed E-state index contributed by atoms with van der Waals surface area (Å²) in [5.74, 6) is 0.0967. The minimum Gasteiger partial charge on any atom is -0.389 e. The van der Waals surface area contributed by atoms with E-state index in [4.69, 9.17) is 0 Å². The SMILES string of the molecule is CC(=O)N1CC[C@]2(O)CCN(CC(=O)NCCc3ccccc3)C[C@@H]2C1. The number of rotatable bonds is 5. The van der Waals surface area contributed by atoms with Gasteiger partial charge in [0.1, 0.15) is 0 Å². The van der Waals surface area contributed by atoms with Gasteiger partial charge in [0.05, 0.1) is 12.1 Å². The van der Waals surface area contributed by atoms with Crippen LogP contribution in [0.4, 0.5) is 0 Å². The number of amides is 2. The second-order valence-corrected chi connectivity index (χ2v) is 7.59. The quantitative estimate of drug-likeness (QED) is 0.810. The van der Waals surface area contributed by atoms with Crippen molar-refractivity contribution in [1.82, 2.24) is 15.1 Å². The Labute approximate surface area is 155 Å². The third-order valence-corrected chi connectivity index (χ3v) is 5.75. The van der Waals surface area contributed by atoms with Gasteiger partial charge in [0.2, 0.25) is 11.8 Å². The number of nitrogens with one attached hydrogen (secondary N) is 1. The van der Waals surface area contributed by atoms with Gasteiger partial charge < -0.3 is 15.3 Å². The van der Waals surface area contributed by atoms with Crippen LogP contribution in [0.3, 0.4) is 0 Å². The lowest BCUT2D eigenvalue weighted by Gasteiger charge is -2.50. The maximum Gasteiger partial charge on any atom is 0.234 e. The Morgan fingerprint density at radius 2 is 1.92 bits per heavy atom. The number of benzene rings is 1. The van der Waals surface area contributed by atoms with Gasteiger partial charge in [-0.25, -0.2) is 0 Å². The van der Waals surface area contributed by atoms with E-state index in [1.165, 1.54) is 5.56 Å². The van der Waals surface area contributed by atoms with Crippen LogP contribution in [0.2, 0.25) is 0 Å². The Morgan fingerprint density at radius 1 is 1.19 bits per heavy atom. The molecule has 142 valence electrons. The van der Waals surface area contributed by atoms with E-state index < -0.39 is 5.60 Å². The zero-order chi connectivity index (χ0) is 18.6. The van der Waals surface area contributed by atoms with Gasteiger partial charge in [0.25, 0.3) is 0 Å². The predicted molar refractivity (Wildman–Crippen MR) is 99.5 cm³/mol. The largest absolute Gasteiger partial charge is 0.389 e. The van der Waals surface area contributed by atoms with Crippen LogP contribution in [0.5, 0.6) is 0 Å². The molecular formula is C20H29N3O3. The van der Waals surface area contributed by atoms with E-state index in [1.54, 1.807) is 6.92 Å². The Bertz CT molecular complexity index is 636. The second kappa shape index (κ2) is 8.18. The molecule has 0 bridgehead atoms. The zero-order valence-corrected chi connectivity index (χ0v) is 15.5. The van der Waals surface area contributed by atoms with Gasteiger partial charge in [-0.1, -0.05) is 30.3 Å². The van der Waals surface area contributed by atoms with Crippen molar-refractivity contribution in [2.24, 2.45) is 5.92 Å². The molecule has 2 amide bonds. The Hall–Kier alpha value is -1.92. The van der Waals surface area contributed by atoms with Crippen molar-refractivity contribution < 1.29 is 14.7 Å². The van der Waals surface area contributed by atoms with Crippen LogP contribution in [0.25, 0.3) is 0 Å². The van der Waals surface area contributed by atoms with Crippen molar-refractivity contribution in [3.63, 3.8) is 0 Å². The molecule has 2 saturated heterocycles. The van der Waals surface area contributed by atoms with E-state index in [0.29, 0.717) is 45.6 Å². The Morgan fingerprint density at radius 3 is 2.65 bits per heavy atom. The van der Waals surface area contributed by atoms with Crippen LogP contribution in [0, 0.1) is 5.92 Å². The van der Waals surface area contributed by atoms with Crippen LogP contribution in [0.1, 0.15) is 25.3 Å². The first-order valence-corrected chi connectivity index (χ1v) is 9.47. The topological polar surface area (TPSA) is 72.9 Å². The molecule has 0 aliphatic carbocycles. The van der Waals surface area contributed by atoms with Crippen LogP contribution >= 0.6 is 0 Å². The number of aliphatic hydroxyl groups is 1. The highest BCUT2D eigenvalue weighted by Crippen LogP contribution is 2.35. The van der Waals surface area contributed by atoms with Crippen molar-refractivity contribution in [3.05, 3.63) is 35.9 Å². The molecule has 3 rings (SSSR count). The molecule has 2 aliphatic heterocycles. The number of hydrogen-bond donors (Lipinski definition) is 2. The molecule has 2 aliphatic rings. The van der Waals surface area contributed by atoms with Gasteiger partial charge in [-0.05, 0) is 24.8 Å². The van der Waals surface area contributed by atoms with Crippen LogP contribution in [-0.2, 0) is 16.0 Å². The van der Waals surface area contributed by atoms with Crippen LogP contribution < -0.4 is 5.32 Å². The molecule has 1 aromatic rings. The molecule has 0 aromatic heterocycles. The van der Waals surface area contributed by atoms with Crippen molar-refractivity contribution in [1.29, 1.82) is 0 Å². The van der Waals surface area contributed by atoms with E-state index in [-0.39, 0.29) is 17.7 Å². The summed E-state index contributed by atoms with van der Waals surface area (Å²) in [6, 6.07) is 10.1. The fraction of sp³-hybridized carbons (Fsp3) is 0.600. The summed E-state index contributed by atoms with van der Waals surface area (Å²) in [5, 5.41) is 13.8. The van der Waals surface area contributed by atoms with Crippen molar-refractivity contribution in [2.75, 3.05) is 39.3 Å². The number of hydrogen-bond acceptors (Lipinski definition) is 4. The molecule has 0 unspecified atom stereocenters. The Balaban J connectivity index is 1.45. The first-order chi connectivity index (χ1) is 12.5. The van der Waals surface area contributed by atoms with E-state index in [0.717, 1.165) is 13.0 Å². The molecule has 26 heavy (non-hydrogen) atoms. The molecule has 2 fully saturated rings. The fourth-order valence-electron chi connectivity index (χ4n) is 4.05. The lowest BCUT2D eigenvalue weighted by Crippen LogP contribution is -2.61. The smallest absolute Gasteiger partial charge is 0.234 e. The monoisotopic (exact) mass is 359 g/mol. The van der Waals surface area contributed by atoms with E-state index in [1.807, 2.05) is 23.1 Å². The van der Waals surface area contributed by atoms with E-state index >= 15 is 0 Å². The molecule has 2 atom stereocenters. The minimum absolute atomic E-state index is 0.0191. The minimum atomic E-state index is -0.688. The standard InChI is InChI=1S/C20H29N3O3/c1-16(24)23-12-9-20(26)8-11-22(13-18(20)14-23)15-19(25)21-10-7-17-5-3-2-4-6-17/h2-6,18,26H,7-15H2,1H3,(H,21,25)/t18-,20-/m1/s1. The highest BCUT2D eigenvalue weighted by atomic mass is 16.3. The van der Waals surface area contributed by atoms with Crippen LogP contribution in [0.15, 0.2) is 30.3 Å². The Kier molecular flexibility index (Phi) is 5.94. The highest BCUT2D eigenvalue weighted by Gasteiger charge is 2.45. The van der Waals surface area contributed by atoms with Gasteiger partial charge >= 0.3 is 0 Å². The van der Waals surface area contributed by atoms with Gasteiger partial charge in [0.15, 0.2) is 0 Å². The number of nitrogens with zero attached hydrogens (tertiary/aromatic N) is 2. The number of likely N-dealkylation sites (tertiary alicyclic amines) is 2. The number of piperidine rings is 2. The molecule has 6 nitrogen and oxygen atoms in total. The number of carbonyl (C=O) groups is 2. The fourth-order valence-corrected chi connectivity index (χ4v) is 4.05. The molecule has 1 aromatic carbocycles. The molecule has 2 N–H and O–H groups in total. The first-order valence-electron chi connectivity index (χ1n) is 9.47. The third-order valence-electron chi connectivity index (χ3n) is 5.75. The van der Waals surface area contributed by atoms with Gasteiger partial charge in [-0.3, -0.25) is 14.5 Å². The summed E-state index contributed by atoms with van der Waals surface area (Å²) in [4.78, 5) is 27.8.